The van der Waals surface area contributed by atoms with Crippen molar-refractivity contribution in [1.29, 1.82) is 0 Å². The molecule has 0 aliphatic heterocycles. The summed E-state index contributed by atoms with van der Waals surface area (Å²) in [5, 5.41) is 6.27. The van der Waals surface area contributed by atoms with Crippen LogP contribution < -0.4 is 5.43 Å². The van der Waals surface area contributed by atoms with Crippen LogP contribution in [0.5, 0.6) is 0 Å². The van der Waals surface area contributed by atoms with Crippen molar-refractivity contribution in [2.45, 2.75) is 13.5 Å². The molecular formula is C17H17N3O2. The zero-order valence-corrected chi connectivity index (χ0v) is 12.5. The minimum Gasteiger partial charge on any atom is -0.452 e. The van der Waals surface area contributed by atoms with E-state index in [1.807, 2.05) is 12.1 Å². The molecular weight excluding hydrogens is 278 g/mol. The number of rotatable bonds is 3. The molecule has 5 heteroatoms. The fourth-order valence-electron chi connectivity index (χ4n) is 2.70. The highest BCUT2D eigenvalue weighted by Crippen LogP contribution is 2.29. The van der Waals surface area contributed by atoms with Crippen LogP contribution >= 0.6 is 0 Å². The Labute approximate surface area is 128 Å². The van der Waals surface area contributed by atoms with Gasteiger partial charge in [-0.1, -0.05) is 24.3 Å². The molecule has 0 saturated carbocycles. The predicted octanol–water partition coefficient (Wildman–Crippen LogP) is 3.50. The lowest BCUT2D eigenvalue weighted by Gasteiger charge is -2.02. The Morgan fingerprint density at radius 1 is 1.23 bits per heavy atom. The van der Waals surface area contributed by atoms with E-state index in [0.717, 1.165) is 12.1 Å². The number of carbonyl (C=O) groups excluding carboxylic acids is 1. The molecule has 0 bridgehead atoms. The molecule has 1 aromatic heterocycles. The summed E-state index contributed by atoms with van der Waals surface area (Å²) >= 11 is 0. The highest BCUT2D eigenvalue weighted by molar-refractivity contribution is 6.09. The molecule has 0 aliphatic rings. The summed E-state index contributed by atoms with van der Waals surface area (Å²) in [5.74, 6) is 0. The van der Waals surface area contributed by atoms with Gasteiger partial charge in [-0.25, -0.2) is 10.2 Å². The number of carbonyl (C=O) groups is 1. The van der Waals surface area contributed by atoms with E-state index in [2.05, 4.69) is 57.1 Å². The van der Waals surface area contributed by atoms with E-state index in [9.17, 15) is 4.79 Å². The van der Waals surface area contributed by atoms with Crippen LogP contribution in [0, 0.1) is 0 Å². The number of hydrazone groups is 1. The number of nitrogens with one attached hydrogen (secondary N) is 1. The third-order valence-electron chi connectivity index (χ3n) is 3.67. The van der Waals surface area contributed by atoms with E-state index in [0.29, 0.717) is 0 Å². The number of aromatic nitrogens is 1. The van der Waals surface area contributed by atoms with Gasteiger partial charge in [-0.2, -0.15) is 5.10 Å². The molecule has 22 heavy (non-hydrogen) atoms. The minimum absolute atomic E-state index is 0.583. The second kappa shape index (κ2) is 5.89. The first-order valence-corrected chi connectivity index (χ1v) is 7.12. The van der Waals surface area contributed by atoms with Gasteiger partial charge in [-0.05, 0) is 30.7 Å². The van der Waals surface area contributed by atoms with Crippen molar-refractivity contribution in [1.82, 2.24) is 9.99 Å². The van der Waals surface area contributed by atoms with Crippen LogP contribution in [0.25, 0.3) is 21.8 Å². The molecule has 1 heterocycles. The van der Waals surface area contributed by atoms with Crippen LogP contribution in [0.15, 0.2) is 47.6 Å². The molecule has 3 rings (SSSR count). The standard InChI is InChI=1S/C17H17N3O2/c1-3-20-15-7-5-4-6-13(15)14-10-12(8-9-16(14)20)11-18-19-17(21)22-2/h4-11H,3H2,1-2H3,(H,19,21). The fraction of sp³-hybridized carbons (Fsp3) is 0.176. The van der Waals surface area contributed by atoms with Gasteiger partial charge in [0, 0.05) is 28.4 Å². The Bertz CT molecular complexity index is 865. The average Bonchev–Trinajstić information content (AvgIpc) is 2.88. The lowest BCUT2D eigenvalue weighted by Crippen LogP contribution is -2.16. The third-order valence-corrected chi connectivity index (χ3v) is 3.67. The number of hydrogen-bond acceptors (Lipinski definition) is 3. The number of aryl methyl sites for hydroxylation is 1. The second-order valence-electron chi connectivity index (χ2n) is 4.90. The van der Waals surface area contributed by atoms with E-state index in [4.69, 9.17) is 0 Å². The van der Waals surface area contributed by atoms with Gasteiger partial charge in [0.15, 0.2) is 0 Å². The van der Waals surface area contributed by atoms with Crippen molar-refractivity contribution in [2.75, 3.05) is 7.11 Å². The topological polar surface area (TPSA) is 55.6 Å². The van der Waals surface area contributed by atoms with Crippen LogP contribution in [0.2, 0.25) is 0 Å². The first kappa shape index (κ1) is 14.1. The predicted molar refractivity (Wildman–Crippen MR) is 88.3 cm³/mol. The number of nitrogens with zero attached hydrogens (tertiary/aromatic N) is 2. The van der Waals surface area contributed by atoms with Gasteiger partial charge >= 0.3 is 6.09 Å². The van der Waals surface area contributed by atoms with Crippen molar-refractivity contribution in [2.24, 2.45) is 5.10 Å². The smallest absolute Gasteiger partial charge is 0.427 e. The first-order chi connectivity index (χ1) is 10.7. The van der Waals surface area contributed by atoms with Crippen molar-refractivity contribution in [3.63, 3.8) is 0 Å². The fourth-order valence-corrected chi connectivity index (χ4v) is 2.70. The van der Waals surface area contributed by atoms with Crippen molar-refractivity contribution >= 4 is 34.1 Å². The highest BCUT2D eigenvalue weighted by Gasteiger charge is 2.08. The second-order valence-corrected chi connectivity index (χ2v) is 4.90. The molecule has 0 fully saturated rings. The van der Waals surface area contributed by atoms with E-state index < -0.39 is 6.09 Å². The normalized spacial score (nSPS) is 11.4. The number of hydrogen-bond donors (Lipinski definition) is 1. The van der Waals surface area contributed by atoms with Crippen LogP contribution in [0.3, 0.4) is 0 Å². The van der Waals surface area contributed by atoms with E-state index in [-0.39, 0.29) is 0 Å². The zero-order valence-electron chi connectivity index (χ0n) is 12.5. The summed E-state index contributed by atoms with van der Waals surface area (Å²) in [6.45, 7) is 3.06. The third kappa shape index (κ3) is 2.41. The maximum absolute atomic E-state index is 11.0. The van der Waals surface area contributed by atoms with Crippen molar-refractivity contribution < 1.29 is 9.53 Å². The number of fused-ring (bicyclic) bond motifs is 3. The summed E-state index contributed by atoms with van der Waals surface area (Å²) in [7, 11) is 1.30. The number of para-hydroxylation sites is 1. The number of benzene rings is 2. The van der Waals surface area contributed by atoms with Gasteiger partial charge in [0.2, 0.25) is 0 Å². The molecule has 0 saturated heterocycles. The zero-order chi connectivity index (χ0) is 15.5. The monoisotopic (exact) mass is 295 g/mol. The number of amides is 1. The van der Waals surface area contributed by atoms with Gasteiger partial charge in [0.1, 0.15) is 0 Å². The molecule has 1 amide bonds. The number of methoxy groups -OCH3 is 1. The first-order valence-electron chi connectivity index (χ1n) is 7.12. The van der Waals surface area contributed by atoms with E-state index in [1.165, 1.54) is 28.9 Å². The summed E-state index contributed by atoms with van der Waals surface area (Å²) < 4.78 is 6.76. The Hall–Kier alpha value is -2.82. The lowest BCUT2D eigenvalue weighted by atomic mass is 10.1. The molecule has 2 aromatic carbocycles. The molecule has 0 aliphatic carbocycles. The van der Waals surface area contributed by atoms with Gasteiger partial charge in [0.05, 0.1) is 13.3 Å². The molecule has 0 radical (unpaired) electrons. The molecule has 3 aromatic rings. The Morgan fingerprint density at radius 2 is 2.00 bits per heavy atom. The molecule has 0 atom stereocenters. The van der Waals surface area contributed by atoms with E-state index in [1.54, 1.807) is 6.21 Å². The molecule has 5 nitrogen and oxygen atoms in total. The summed E-state index contributed by atoms with van der Waals surface area (Å²) in [5.41, 5.74) is 5.62. The molecule has 0 unspecified atom stereocenters. The minimum atomic E-state index is -0.583. The van der Waals surface area contributed by atoms with Gasteiger partial charge < -0.3 is 9.30 Å². The van der Waals surface area contributed by atoms with Gasteiger partial charge in [-0.15, -0.1) is 0 Å². The summed E-state index contributed by atoms with van der Waals surface area (Å²) in [4.78, 5) is 11.0. The Kier molecular flexibility index (Phi) is 3.78. The van der Waals surface area contributed by atoms with Crippen LogP contribution in [0.1, 0.15) is 12.5 Å². The number of ether oxygens (including phenoxy) is 1. The maximum atomic E-state index is 11.0. The largest absolute Gasteiger partial charge is 0.452 e. The van der Waals surface area contributed by atoms with Crippen LogP contribution in [-0.2, 0) is 11.3 Å². The van der Waals surface area contributed by atoms with Crippen LogP contribution in [-0.4, -0.2) is 24.0 Å². The van der Waals surface area contributed by atoms with Crippen molar-refractivity contribution in [3.05, 3.63) is 48.0 Å². The van der Waals surface area contributed by atoms with Gasteiger partial charge in [0.25, 0.3) is 0 Å². The average molecular weight is 295 g/mol. The Morgan fingerprint density at radius 3 is 2.77 bits per heavy atom. The summed E-state index contributed by atoms with van der Waals surface area (Å²) in [6, 6.07) is 14.5. The SMILES string of the molecule is CCn1c2ccccc2c2cc(C=NNC(=O)OC)ccc21. The highest BCUT2D eigenvalue weighted by atomic mass is 16.5. The quantitative estimate of drug-likeness (QED) is 0.594. The molecule has 112 valence electrons. The van der Waals surface area contributed by atoms with Crippen LogP contribution in [0.4, 0.5) is 4.79 Å². The molecule has 1 N–H and O–H groups in total. The maximum Gasteiger partial charge on any atom is 0.427 e. The lowest BCUT2D eigenvalue weighted by molar-refractivity contribution is 0.171. The van der Waals surface area contributed by atoms with E-state index >= 15 is 0 Å². The molecule has 0 spiro atoms. The van der Waals surface area contributed by atoms with Crippen molar-refractivity contribution in [3.8, 4) is 0 Å². The summed E-state index contributed by atoms with van der Waals surface area (Å²) in [6.07, 6.45) is 1.02. The Balaban J connectivity index is 2.06. The van der Waals surface area contributed by atoms with Gasteiger partial charge in [-0.3, -0.25) is 0 Å².